The third-order valence-electron chi connectivity index (χ3n) is 1.75. The second-order valence-corrected chi connectivity index (χ2v) is 3.74. The molecule has 3 N–H and O–H groups in total. The summed E-state index contributed by atoms with van der Waals surface area (Å²) in [6.45, 7) is 0. The highest BCUT2D eigenvalue weighted by atomic mass is 32.2. The number of rotatable bonds is 4. The molecule has 16 heavy (non-hydrogen) atoms. The molecule has 1 rings (SSSR count). The number of aliphatic carboxylic acids is 1. The van der Waals surface area contributed by atoms with E-state index in [0.717, 1.165) is 0 Å². The molecule has 0 fully saturated rings. The summed E-state index contributed by atoms with van der Waals surface area (Å²) in [6.07, 6.45) is 0. The average molecular weight is 243 g/mol. The molecule has 0 aliphatic carbocycles. The van der Waals surface area contributed by atoms with E-state index in [0.29, 0.717) is 5.69 Å². The minimum Gasteiger partial charge on any atom is -0.479 e. The predicted molar refractivity (Wildman–Crippen MR) is 58.0 cm³/mol. The van der Waals surface area contributed by atoms with Gasteiger partial charge in [0.1, 0.15) is 0 Å². The fourth-order valence-electron chi connectivity index (χ4n) is 1.03. The molecule has 0 saturated carbocycles. The number of carbonyl (C=O) groups is 1. The number of anilines is 1. The Kier molecular flexibility index (Phi) is 4.03. The second-order valence-electron chi connectivity index (χ2n) is 2.85. The number of hydrogen-bond donors (Lipinski definition) is 3. The van der Waals surface area contributed by atoms with Crippen molar-refractivity contribution in [2.75, 3.05) is 5.32 Å². The van der Waals surface area contributed by atoms with Gasteiger partial charge in [0, 0.05) is 5.69 Å². The van der Waals surface area contributed by atoms with Gasteiger partial charge in [-0.15, -0.1) is 0 Å². The highest BCUT2D eigenvalue weighted by molar-refractivity contribution is 7.72. The van der Waals surface area contributed by atoms with Gasteiger partial charge in [0.05, 0.1) is 0 Å². The maximum Gasteiger partial charge on any atom is 0.334 e. The van der Waals surface area contributed by atoms with Crippen molar-refractivity contribution in [1.82, 2.24) is 0 Å². The Bertz CT molecular complexity index is 500. The molecule has 1 atom stereocenters. The SMILES string of the molecule is O=C(O)[C@@H](Nc1ccccc1)C(O)=S(=O)=O. The first-order chi connectivity index (χ1) is 7.52. The number of benzene rings is 1. The lowest BCUT2D eigenvalue weighted by Crippen LogP contribution is -2.37. The van der Waals surface area contributed by atoms with E-state index >= 15 is 0 Å². The van der Waals surface area contributed by atoms with Crippen LogP contribution in [0, 0.1) is 0 Å². The second kappa shape index (κ2) is 5.29. The van der Waals surface area contributed by atoms with Gasteiger partial charge in [0.15, 0.2) is 6.04 Å². The molecule has 0 amide bonds. The van der Waals surface area contributed by atoms with E-state index in [2.05, 4.69) is 5.32 Å². The van der Waals surface area contributed by atoms with Crippen molar-refractivity contribution >= 4 is 27.0 Å². The van der Waals surface area contributed by atoms with Gasteiger partial charge in [-0.1, -0.05) is 18.2 Å². The van der Waals surface area contributed by atoms with Crippen LogP contribution in [0.15, 0.2) is 30.3 Å². The number of aliphatic hydroxyl groups excluding tert-OH is 1. The normalized spacial score (nSPS) is 11.6. The van der Waals surface area contributed by atoms with Crippen LogP contribution in [0.4, 0.5) is 5.69 Å². The molecule has 0 aromatic heterocycles. The zero-order valence-electron chi connectivity index (χ0n) is 7.99. The van der Waals surface area contributed by atoms with E-state index in [1.807, 2.05) is 0 Å². The molecule has 0 radical (unpaired) electrons. The summed E-state index contributed by atoms with van der Waals surface area (Å²) in [5, 5.41) is 19.0. The maximum absolute atomic E-state index is 10.7. The molecular formula is C9H9NO5S. The fraction of sp³-hybridized carbons (Fsp3) is 0.111. The number of carboxylic acid groups (broad SMARTS) is 1. The number of hydrogen-bond acceptors (Lipinski definition) is 4. The van der Waals surface area contributed by atoms with E-state index in [-0.39, 0.29) is 0 Å². The van der Waals surface area contributed by atoms with Crippen LogP contribution in [0.1, 0.15) is 0 Å². The molecule has 0 spiro atoms. The van der Waals surface area contributed by atoms with Crippen molar-refractivity contribution < 1.29 is 23.4 Å². The first-order valence-corrected chi connectivity index (χ1v) is 5.29. The van der Waals surface area contributed by atoms with Gasteiger partial charge in [-0.25, -0.2) is 4.79 Å². The zero-order valence-corrected chi connectivity index (χ0v) is 8.81. The molecule has 1 aromatic rings. The largest absolute Gasteiger partial charge is 0.479 e. The molecule has 0 bridgehead atoms. The Morgan fingerprint density at radius 2 is 1.75 bits per heavy atom. The van der Waals surface area contributed by atoms with Gasteiger partial charge in [0.25, 0.3) is 0 Å². The van der Waals surface area contributed by atoms with Crippen LogP contribution in [0.5, 0.6) is 0 Å². The van der Waals surface area contributed by atoms with Crippen molar-refractivity contribution in [2.45, 2.75) is 6.04 Å². The topological polar surface area (TPSA) is 104 Å². The zero-order chi connectivity index (χ0) is 12.1. The molecule has 0 unspecified atom stereocenters. The van der Waals surface area contributed by atoms with Gasteiger partial charge < -0.3 is 15.5 Å². The highest BCUT2D eigenvalue weighted by Crippen LogP contribution is 2.07. The Hall–Kier alpha value is -1.86. The van der Waals surface area contributed by atoms with Crippen LogP contribution in [0.2, 0.25) is 0 Å². The lowest BCUT2D eigenvalue weighted by atomic mass is 10.2. The van der Waals surface area contributed by atoms with E-state index in [9.17, 15) is 13.2 Å². The molecule has 1 aromatic carbocycles. The van der Waals surface area contributed by atoms with E-state index in [1.165, 1.54) is 0 Å². The lowest BCUT2D eigenvalue weighted by Gasteiger charge is -2.12. The Morgan fingerprint density at radius 3 is 2.19 bits per heavy atom. The van der Waals surface area contributed by atoms with Crippen molar-refractivity contribution in [1.29, 1.82) is 0 Å². The fourth-order valence-corrected chi connectivity index (χ4v) is 1.38. The standard InChI is InChI=1S/C9H9NO5S/c11-8(12)7(9(13)16(14)15)10-6-4-2-1-3-5-6/h1-5,7,10,13H,(H,11,12)/t7-/m1/s1. The minimum atomic E-state index is -2.96. The summed E-state index contributed by atoms with van der Waals surface area (Å²) in [4.78, 5) is 10.7. The van der Waals surface area contributed by atoms with Crippen LogP contribution in [0.3, 0.4) is 0 Å². The van der Waals surface area contributed by atoms with E-state index in [4.69, 9.17) is 10.2 Å². The summed E-state index contributed by atoms with van der Waals surface area (Å²) < 4.78 is 20.9. The molecule has 6 nitrogen and oxygen atoms in total. The molecule has 86 valence electrons. The first-order valence-electron chi connectivity index (χ1n) is 4.22. The van der Waals surface area contributed by atoms with E-state index < -0.39 is 27.4 Å². The predicted octanol–water partition coefficient (Wildman–Crippen LogP) is 0.119. The van der Waals surface area contributed by atoms with Crippen LogP contribution in [-0.4, -0.2) is 35.7 Å². The monoisotopic (exact) mass is 243 g/mol. The summed E-state index contributed by atoms with van der Waals surface area (Å²) in [5.74, 6) is -1.48. The van der Waals surface area contributed by atoms with E-state index in [1.54, 1.807) is 30.3 Å². The van der Waals surface area contributed by atoms with Crippen molar-refractivity contribution in [3.05, 3.63) is 30.3 Å². The summed E-state index contributed by atoms with van der Waals surface area (Å²) in [7, 11) is -2.96. The van der Waals surface area contributed by atoms with Crippen LogP contribution in [-0.2, 0) is 15.1 Å². The van der Waals surface area contributed by atoms with Crippen molar-refractivity contribution in [3.8, 4) is 0 Å². The van der Waals surface area contributed by atoms with Gasteiger partial charge in [-0.3, -0.25) is 0 Å². The molecule has 0 aliphatic rings. The Labute approximate surface area is 92.7 Å². The van der Waals surface area contributed by atoms with Crippen LogP contribution in [0.25, 0.3) is 0 Å². The number of para-hydroxylation sites is 1. The summed E-state index contributed by atoms with van der Waals surface area (Å²) in [6, 6.07) is 6.43. The first kappa shape index (κ1) is 12.2. The smallest absolute Gasteiger partial charge is 0.334 e. The Morgan fingerprint density at radius 1 is 1.19 bits per heavy atom. The van der Waals surface area contributed by atoms with Gasteiger partial charge in [-0.2, -0.15) is 8.42 Å². The van der Waals surface area contributed by atoms with Gasteiger partial charge >= 0.3 is 5.97 Å². The highest BCUT2D eigenvalue weighted by Gasteiger charge is 2.23. The molecule has 7 heteroatoms. The summed E-state index contributed by atoms with van der Waals surface area (Å²) >= 11 is 0. The van der Waals surface area contributed by atoms with Crippen LogP contribution < -0.4 is 5.32 Å². The molecule has 0 aliphatic heterocycles. The third-order valence-corrected chi connectivity index (χ3v) is 2.33. The number of nitrogens with one attached hydrogen (secondary N) is 1. The average Bonchev–Trinajstić information content (AvgIpc) is 2.26. The Balaban J connectivity index is 2.99. The maximum atomic E-state index is 10.7. The van der Waals surface area contributed by atoms with Crippen LogP contribution >= 0.6 is 0 Å². The van der Waals surface area contributed by atoms with Gasteiger partial charge in [0.2, 0.25) is 15.3 Å². The third kappa shape index (κ3) is 3.07. The number of carboxylic acids is 1. The summed E-state index contributed by atoms with van der Waals surface area (Å²) in [5.41, 5.74) is 0.395. The minimum absolute atomic E-state index is 0.395. The van der Waals surface area contributed by atoms with Gasteiger partial charge in [-0.05, 0) is 12.1 Å². The molecule has 0 heterocycles. The molecular weight excluding hydrogens is 234 g/mol. The quantitative estimate of drug-likeness (QED) is 0.649. The van der Waals surface area contributed by atoms with Crippen molar-refractivity contribution in [3.63, 3.8) is 0 Å². The lowest BCUT2D eigenvalue weighted by molar-refractivity contribution is -0.136. The number of aliphatic hydroxyl groups is 1. The molecule has 0 saturated heterocycles. The van der Waals surface area contributed by atoms with Crippen molar-refractivity contribution in [2.24, 2.45) is 0 Å².